The van der Waals surface area contributed by atoms with Gasteiger partial charge in [0.15, 0.2) is 23.0 Å². The van der Waals surface area contributed by atoms with Crippen LogP contribution in [0.4, 0.5) is 30.8 Å². The van der Waals surface area contributed by atoms with E-state index in [1.54, 1.807) is 76.0 Å². The number of nitrogens with zero attached hydrogens (tertiary/aromatic N) is 3. The number of hydrogen-bond donors (Lipinski definition) is 3. The van der Waals surface area contributed by atoms with Crippen LogP contribution in [0.5, 0.6) is 46.0 Å². The summed E-state index contributed by atoms with van der Waals surface area (Å²) in [5, 5.41) is 9.88. The van der Waals surface area contributed by atoms with E-state index in [1.165, 1.54) is 50.6 Å². The Morgan fingerprint density at radius 2 is 1.15 bits per heavy atom. The molecule has 0 aliphatic heterocycles. The molecule has 7 aromatic rings. The van der Waals surface area contributed by atoms with Gasteiger partial charge < -0.3 is 44.0 Å². The summed E-state index contributed by atoms with van der Waals surface area (Å²) >= 11 is 0. The minimum atomic E-state index is -0.677. The van der Waals surface area contributed by atoms with Crippen LogP contribution in [0, 0.1) is 18.6 Å². The average molecular weight is 753 g/mol. The van der Waals surface area contributed by atoms with E-state index in [-0.39, 0.29) is 23.0 Å². The summed E-state index contributed by atoms with van der Waals surface area (Å²) in [5.41, 5.74) is 7.42. The summed E-state index contributed by atoms with van der Waals surface area (Å²) in [6.07, 6.45) is 3.18. The number of carbonyl (C=O) groups is 1. The second kappa shape index (κ2) is 16.5. The first-order valence-electron chi connectivity index (χ1n) is 16.3. The minimum absolute atomic E-state index is 0.0305. The number of nitrogen functional groups attached to an aromatic ring is 1. The Kier molecular flexibility index (Phi) is 11.2. The summed E-state index contributed by atoms with van der Waals surface area (Å²) in [6, 6.07) is 19.6. The number of halogens is 2. The Bertz CT molecular complexity index is 2500. The van der Waals surface area contributed by atoms with Gasteiger partial charge in [0.1, 0.15) is 34.6 Å². The van der Waals surface area contributed by atoms with Crippen LogP contribution in [-0.4, -0.2) is 49.6 Å². The molecule has 0 atom stereocenters. The van der Waals surface area contributed by atoms with Crippen molar-refractivity contribution < 1.29 is 46.5 Å². The number of hydrogen-bond acceptors (Lipinski definition) is 12. The van der Waals surface area contributed by atoms with Crippen LogP contribution in [-0.2, 0) is 0 Å². The molecule has 0 fully saturated rings. The van der Waals surface area contributed by atoms with E-state index >= 15 is 0 Å². The van der Waals surface area contributed by atoms with Crippen molar-refractivity contribution in [3.8, 4) is 46.0 Å². The lowest BCUT2D eigenvalue weighted by molar-refractivity contribution is 0.261. The molecule has 16 heteroatoms. The SMILES string of the molecule is COc1cc2nccc(Oc3ccc(N)c(F)c3)c2cc1OC.COc1cc2nccc(Oc3ccc(NC(=O)Nc4cc(C)no4)c(F)c3)c2cc1OC. The molecule has 3 aromatic heterocycles. The first-order chi connectivity index (χ1) is 26.6. The maximum absolute atomic E-state index is 14.6. The lowest BCUT2D eigenvalue weighted by atomic mass is 10.2. The molecule has 0 aliphatic carbocycles. The molecule has 4 N–H and O–H groups in total. The number of pyridine rings is 2. The molecular formula is C39H34F2N6O8. The predicted octanol–water partition coefficient (Wildman–Crippen LogP) is 8.89. The number of benzene rings is 4. The Labute approximate surface area is 312 Å². The van der Waals surface area contributed by atoms with Crippen LogP contribution in [0.1, 0.15) is 5.69 Å². The molecule has 0 bridgehead atoms. The Hall–Kier alpha value is -7.36. The van der Waals surface area contributed by atoms with E-state index in [0.717, 1.165) is 5.39 Å². The number of methoxy groups -OCH3 is 4. The molecule has 0 unspecified atom stereocenters. The van der Waals surface area contributed by atoms with Gasteiger partial charge >= 0.3 is 6.03 Å². The van der Waals surface area contributed by atoms with Gasteiger partial charge in [-0.1, -0.05) is 5.16 Å². The fourth-order valence-electron chi connectivity index (χ4n) is 5.25. The third kappa shape index (κ3) is 8.65. The zero-order chi connectivity index (χ0) is 39.1. The third-order valence-corrected chi connectivity index (χ3v) is 7.89. The van der Waals surface area contributed by atoms with Gasteiger partial charge in [-0.25, -0.2) is 13.6 Å². The van der Waals surface area contributed by atoms with Gasteiger partial charge in [-0.3, -0.25) is 15.3 Å². The number of rotatable bonds is 10. The fraction of sp³-hybridized carbons (Fsp3) is 0.128. The molecular weight excluding hydrogens is 718 g/mol. The van der Waals surface area contributed by atoms with Crippen LogP contribution in [0.2, 0.25) is 0 Å². The Balaban J connectivity index is 0.000000197. The molecule has 7 rings (SSSR count). The van der Waals surface area contributed by atoms with Crippen molar-refractivity contribution in [3.05, 3.63) is 109 Å². The number of nitrogens with two attached hydrogens (primary N) is 1. The third-order valence-electron chi connectivity index (χ3n) is 7.89. The molecule has 3 heterocycles. The summed E-state index contributed by atoms with van der Waals surface area (Å²) < 4.78 is 65.9. The molecule has 0 saturated heterocycles. The lowest BCUT2D eigenvalue weighted by Gasteiger charge is -2.13. The van der Waals surface area contributed by atoms with Crippen molar-refractivity contribution in [2.75, 3.05) is 44.8 Å². The first-order valence-corrected chi connectivity index (χ1v) is 16.3. The zero-order valence-electron chi connectivity index (χ0n) is 30.1. The molecule has 0 saturated carbocycles. The van der Waals surface area contributed by atoms with E-state index in [2.05, 4.69) is 25.8 Å². The number of urea groups is 1. The number of anilines is 3. The van der Waals surface area contributed by atoms with Crippen LogP contribution in [0.3, 0.4) is 0 Å². The highest BCUT2D eigenvalue weighted by atomic mass is 19.1. The van der Waals surface area contributed by atoms with E-state index in [4.69, 9.17) is 38.7 Å². The van der Waals surface area contributed by atoms with E-state index in [9.17, 15) is 13.6 Å². The van der Waals surface area contributed by atoms with Crippen molar-refractivity contribution in [3.63, 3.8) is 0 Å². The fourth-order valence-corrected chi connectivity index (χ4v) is 5.25. The second-order valence-corrected chi connectivity index (χ2v) is 11.5. The maximum atomic E-state index is 14.6. The van der Waals surface area contributed by atoms with Crippen LogP contribution >= 0.6 is 0 Å². The minimum Gasteiger partial charge on any atom is -0.493 e. The Morgan fingerprint density at radius 1 is 0.636 bits per heavy atom. The Morgan fingerprint density at radius 3 is 1.62 bits per heavy atom. The number of amides is 2. The normalized spacial score (nSPS) is 10.6. The van der Waals surface area contributed by atoms with Crippen molar-refractivity contribution in [2.45, 2.75) is 6.92 Å². The first kappa shape index (κ1) is 37.4. The van der Waals surface area contributed by atoms with Crippen molar-refractivity contribution in [1.82, 2.24) is 15.1 Å². The van der Waals surface area contributed by atoms with E-state index < -0.39 is 17.7 Å². The molecule has 2 amide bonds. The lowest BCUT2D eigenvalue weighted by Crippen LogP contribution is -2.19. The number of nitrogens with one attached hydrogen (secondary N) is 2. The van der Waals surface area contributed by atoms with Crippen LogP contribution < -0.4 is 44.8 Å². The molecule has 0 radical (unpaired) electrons. The van der Waals surface area contributed by atoms with Crippen molar-refractivity contribution in [2.24, 2.45) is 0 Å². The van der Waals surface area contributed by atoms with E-state index in [1.807, 2.05) is 0 Å². The van der Waals surface area contributed by atoms with Crippen molar-refractivity contribution >= 4 is 45.1 Å². The van der Waals surface area contributed by atoms with Crippen LogP contribution in [0.25, 0.3) is 21.8 Å². The number of carbonyl (C=O) groups excluding carboxylic acids is 1. The van der Waals surface area contributed by atoms with Gasteiger partial charge in [0.2, 0.25) is 5.88 Å². The van der Waals surface area contributed by atoms with Gasteiger partial charge in [-0.05, 0) is 55.5 Å². The number of fused-ring (bicyclic) bond motifs is 2. The predicted molar refractivity (Wildman–Crippen MR) is 201 cm³/mol. The molecule has 282 valence electrons. The molecule has 4 aromatic carbocycles. The smallest absolute Gasteiger partial charge is 0.326 e. The standard InChI is InChI=1S/C22H19FN4O5.C17H15FN2O3/c1-12-8-21(32-27-12)26-22(28)25-16-5-4-13(9-15(16)23)31-18-6-7-24-17-11-20(30-3)19(29-2)10-14(17)18;1-21-16-8-11-14(9-17(16)22-2)20-6-5-15(11)23-10-3-4-13(19)12(18)7-10/h4-11H,1-3H3,(H2,25,26,28);3-9H,19H2,1-2H3. The highest BCUT2D eigenvalue weighted by Gasteiger charge is 2.15. The van der Waals surface area contributed by atoms with Crippen LogP contribution in [0.15, 0.2) is 95.8 Å². The summed E-state index contributed by atoms with van der Waals surface area (Å²) in [5.74, 6) is 2.68. The van der Waals surface area contributed by atoms with Gasteiger partial charge in [-0.15, -0.1) is 0 Å². The molecule has 0 aliphatic rings. The highest BCUT2D eigenvalue weighted by Crippen LogP contribution is 2.39. The molecule has 55 heavy (non-hydrogen) atoms. The maximum Gasteiger partial charge on any atom is 0.326 e. The second-order valence-electron chi connectivity index (χ2n) is 11.5. The van der Waals surface area contributed by atoms with Gasteiger partial charge in [0.05, 0.1) is 56.5 Å². The number of aromatic nitrogens is 3. The summed E-state index contributed by atoms with van der Waals surface area (Å²) in [7, 11) is 6.17. The molecule has 0 spiro atoms. The quantitative estimate of drug-likeness (QED) is 0.113. The largest absolute Gasteiger partial charge is 0.493 e. The van der Waals surface area contributed by atoms with Gasteiger partial charge in [0, 0.05) is 53.5 Å². The summed E-state index contributed by atoms with van der Waals surface area (Å²) in [4.78, 5) is 20.6. The number of aryl methyl sites for hydroxylation is 1. The van der Waals surface area contributed by atoms with E-state index in [0.29, 0.717) is 62.4 Å². The molecule has 14 nitrogen and oxygen atoms in total. The highest BCUT2D eigenvalue weighted by molar-refractivity contribution is 5.99. The average Bonchev–Trinajstić information content (AvgIpc) is 3.60. The monoisotopic (exact) mass is 752 g/mol. The zero-order valence-corrected chi connectivity index (χ0v) is 30.1. The topological polar surface area (TPSA) is 174 Å². The van der Waals surface area contributed by atoms with Crippen molar-refractivity contribution in [1.29, 1.82) is 0 Å². The summed E-state index contributed by atoms with van der Waals surface area (Å²) in [6.45, 7) is 1.71. The number of ether oxygens (including phenoxy) is 6. The van der Waals surface area contributed by atoms with Gasteiger partial charge in [-0.2, -0.15) is 0 Å². The van der Waals surface area contributed by atoms with Gasteiger partial charge in [0.25, 0.3) is 0 Å².